The van der Waals surface area contributed by atoms with E-state index in [1.165, 1.54) is 11.3 Å². The fourth-order valence-electron chi connectivity index (χ4n) is 4.70. The second kappa shape index (κ2) is 9.18. The van der Waals surface area contributed by atoms with Crippen molar-refractivity contribution in [2.75, 3.05) is 12.4 Å². The molecule has 3 aromatic rings. The molecule has 0 saturated heterocycles. The number of nitrogens with zero attached hydrogens (tertiary/aromatic N) is 3. The number of aromatic nitrogens is 3. The lowest BCUT2D eigenvalue weighted by molar-refractivity contribution is -0.133. The lowest BCUT2D eigenvalue weighted by atomic mass is 9.72. The normalized spacial score (nSPS) is 26.4. The maximum Gasteiger partial charge on any atom is 0.229 e. The molecule has 0 spiro atoms. The molecule has 2 aliphatic rings. The fourth-order valence-corrected chi connectivity index (χ4v) is 5.69. The summed E-state index contributed by atoms with van der Waals surface area (Å²) < 4.78 is 12.3. The van der Waals surface area contributed by atoms with Crippen LogP contribution < -0.4 is 10.1 Å². The van der Waals surface area contributed by atoms with Crippen LogP contribution in [0.3, 0.4) is 0 Å². The number of aliphatic hydroxyl groups excluding tert-OH is 1. The number of carbonyl (C=O) groups is 1. The first kappa shape index (κ1) is 23.1. The van der Waals surface area contributed by atoms with Gasteiger partial charge in [0.1, 0.15) is 12.4 Å². The van der Waals surface area contributed by atoms with Crippen molar-refractivity contribution in [3.63, 3.8) is 0 Å². The Kier molecular flexibility index (Phi) is 6.24. The molecule has 2 fully saturated rings. The lowest BCUT2D eigenvalue weighted by Crippen LogP contribution is -2.46. The molecule has 9 nitrogen and oxygen atoms in total. The number of aliphatic hydroxyl groups is 2. The number of fused-ring (bicyclic) bond motifs is 1. The minimum absolute atomic E-state index is 0.124. The Balaban J connectivity index is 1.31. The molecule has 2 saturated carbocycles. The van der Waals surface area contributed by atoms with E-state index >= 15 is 0 Å². The zero-order chi connectivity index (χ0) is 23.9. The number of methoxy groups -OCH3 is 1. The number of amides is 1. The van der Waals surface area contributed by atoms with Crippen LogP contribution in [0.25, 0.3) is 21.3 Å². The SMILES string of the molecule is COc1c(-c2cnc(CO[C@H]3CCC[C@@H]3O)nc2)ccc2nc(NC(=O)[C@H]3C[C@@](C)(O)C3)sc12. The summed E-state index contributed by atoms with van der Waals surface area (Å²) in [6, 6.07) is 3.78. The van der Waals surface area contributed by atoms with Crippen LogP contribution in [-0.2, 0) is 16.1 Å². The molecule has 5 rings (SSSR count). The van der Waals surface area contributed by atoms with Gasteiger partial charge in [0.05, 0.1) is 35.1 Å². The molecule has 180 valence electrons. The van der Waals surface area contributed by atoms with Gasteiger partial charge in [-0.15, -0.1) is 0 Å². The van der Waals surface area contributed by atoms with E-state index in [1.54, 1.807) is 26.4 Å². The highest BCUT2D eigenvalue weighted by Gasteiger charge is 2.42. The molecule has 2 aromatic heterocycles. The minimum Gasteiger partial charge on any atom is -0.495 e. The van der Waals surface area contributed by atoms with Crippen LogP contribution in [0, 0.1) is 5.92 Å². The summed E-state index contributed by atoms with van der Waals surface area (Å²) in [6.07, 6.45) is 6.42. The molecule has 2 heterocycles. The fraction of sp³-hybridized carbons (Fsp3) is 0.500. The standard InChI is InChI=1S/C24H28N4O5S/c1-24(31)8-13(9-24)22(30)28-23-27-16-7-6-15(20(32-2)21(16)34-23)14-10-25-19(26-11-14)12-33-18-5-3-4-17(18)29/h6-7,10-11,13,17-18,29,31H,3-5,8-9,12H2,1-2H3,(H,27,28,30)/t13-,17-,18-,24+/m0/s1. The average Bonchev–Trinajstić information content (AvgIpc) is 3.40. The smallest absolute Gasteiger partial charge is 0.229 e. The van der Waals surface area contributed by atoms with Crippen molar-refractivity contribution in [2.24, 2.45) is 5.92 Å². The molecule has 1 aromatic carbocycles. The van der Waals surface area contributed by atoms with Crippen molar-refractivity contribution in [1.29, 1.82) is 0 Å². The Morgan fingerprint density at radius 1 is 1.26 bits per heavy atom. The van der Waals surface area contributed by atoms with E-state index in [-0.39, 0.29) is 24.5 Å². The van der Waals surface area contributed by atoms with Gasteiger partial charge in [0, 0.05) is 29.4 Å². The molecule has 0 aliphatic heterocycles. The molecule has 34 heavy (non-hydrogen) atoms. The third-order valence-corrected chi connectivity index (χ3v) is 7.54. The van der Waals surface area contributed by atoms with E-state index in [0.717, 1.165) is 40.6 Å². The van der Waals surface area contributed by atoms with E-state index in [4.69, 9.17) is 9.47 Å². The molecule has 0 radical (unpaired) electrons. The van der Waals surface area contributed by atoms with Gasteiger partial charge in [-0.3, -0.25) is 4.79 Å². The van der Waals surface area contributed by atoms with Gasteiger partial charge in [0.2, 0.25) is 5.91 Å². The van der Waals surface area contributed by atoms with Gasteiger partial charge < -0.3 is 25.0 Å². The summed E-state index contributed by atoms with van der Waals surface area (Å²) in [7, 11) is 1.60. The third-order valence-electron chi connectivity index (χ3n) is 6.55. The number of carbonyl (C=O) groups excluding carboxylic acids is 1. The number of thiazole rings is 1. The summed E-state index contributed by atoms with van der Waals surface area (Å²) in [5.74, 6) is 0.876. The Morgan fingerprint density at radius 2 is 2.03 bits per heavy atom. The lowest BCUT2D eigenvalue weighted by Gasteiger charge is -2.39. The van der Waals surface area contributed by atoms with Crippen LogP contribution in [0.15, 0.2) is 24.5 Å². The van der Waals surface area contributed by atoms with E-state index < -0.39 is 11.7 Å². The minimum atomic E-state index is -0.755. The molecule has 0 bridgehead atoms. The van der Waals surface area contributed by atoms with E-state index in [2.05, 4.69) is 20.3 Å². The van der Waals surface area contributed by atoms with Gasteiger partial charge in [0.15, 0.2) is 11.0 Å². The van der Waals surface area contributed by atoms with Gasteiger partial charge in [-0.1, -0.05) is 11.3 Å². The van der Waals surface area contributed by atoms with Gasteiger partial charge in [0.25, 0.3) is 0 Å². The van der Waals surface area contributed by atoms with Crippen molar-refractivity contribution >= 4 is 32.6 Å². The zero-order valence-electron chi connectivity index (χ0n) is 19.2. The van der Waals surface area contributed by atoms with Gasteiger partial charge in [-0.2, -0.15) is 0 Å². The van der Waals surface area contributed by atoms with Crippen molar-refractivity contribution in [3.05, 3.63) is 30.4 Å². The highest BCUT2D eigenvalue weighted by atomic mass is 32.1. The molecule has 2 atom stereocenters. The number of anilines is 1. The Labute approximate surface area is 201 Å². The number of benzene rings is 1. The van der Waals surface area contributed by atoms with Crippen LogP contribution in [0.1, 0.15) is 44.9 Å². The Morgan fingerprint density at radius 3 is 2.68 bits per heavy atom. The maximum absolute atomic E-state index is 12.5. The number of rotatable bonds is 7. The van der Waals surface area contributed by atoms with Crippen LogP contribution in [0.2, 0.25) is 0 Å². The van der Waals surface area contributed by atoms with Crippen LogP contribution >= 0.6 is 11.3 Å². The molecular weight excluding hydrogens is 456 g/mol. The maximum atomic E-state index is 12.5. The first-order valence-electron chi connectivity index (χ1n) is 11.4. The first-order chi connectivity index (χ1) is 16.3. The number of hydrogen-bond acceptors (Lipinski definition) is 9. The molecule has 0 unspecified atom stereocenters. The van der Waals surface area contributed by atoms with E-state index in [0.29, 0.717) is 29.5 Å². The summed E-state index contributed by atoms with van der Waals surface area (Å²) >= 11 is 1.35. The number of ether oxygens (including phenoxy) is 2. The second-order valence-electron chi connectivity index (χ2n) is 9.34. The van der Waals surface area contributed by atoms with Crippen LogP contribution in [0.5, 0.6) is 5.75 Å². The molecule has 3 N–H and O–H groups in total. The Hall–Kier alpha value is -2.66. The number of nitrogens with one attached hydrogen (secondary N) is 1. The molecular formula is C24H28N4O5S. The van der Waals surface area contributed by atoms with Gasteiger partial charge in [-0.05, 0) is 51.2 Å². The Bertz CT molecular complexity index is 1190. The second-order valence-corrected chi connectivity index (χ2v) is 10.3. The van der Waals surface area contributed by atoms with E-state index in [9.17, 15) is 15.0 Å². The first-order valence-corrected chi connectivity index (χ1v) is 12.3. The zero-order valence-corrected chi connectivity index (χ0v) is 20.0. The van der Waals surface area contributed by atoms with Gasteiger partial charge in [-0.25, -0.2) is 15.0 Å². The predicted octanol–water partition coefficient (Wildman–Crippen LogP) is 3.29. The van der Waals surface area contributed by atoms with Gasteiger partial charge >= 0.3 is 0 Å². The van der Waals surface area contributed by atoms with Crippen LogP contribution in [0.4, 0.5) is 5.13 Å². The summed E-state index contributed by atoms with van der Waals surface area (Å²) in [6.45, 7) is 2.00. The predicted molar refractivity (Wildman–Crippen MR) is 128 cm³/mol. The monoisotopic (exact) mass is 484 g/mol. The van der Waals surface area contributed by atoms with Crippen molar-refractivity contribution in [1.82, 2.24) is 15.0 Å². The topological polar surface area (TPSA) is 127 Å². The summed E-state index contributed by atoms with van der Waals surface area (Å²) in [5, 5.41) is 23.2. The average molecular weight is 485 g/mol. The number of hydrogen-bond donors (Lipinski definition) is 3. The van der Waals surface area contributed by atoms with Crippen LogP contribution in [-0.4, -0.2) is 56.0 Å². The summed E-state index contributed by atoms with van der Waals surface area (Å²) in [4.78, 5) is 25.8. The van der Waals surface area contributed by atoms with E-state index in [1.807, 2.05) is 12.1 Å². The molecule has 2 aliphatic carbocycles. The van der Waals surface area contributed by atoms with Crippen molar-refractivity contribution < 1.29 is 24.5 Å². The molecule has 10 heteroatoms. The van der Waals surface area contributed by atoms with Crippen molar-refractivity contribution in [2.45, 2.75) is 63.4 Å². The highest BCUT2D eigenvalue weighted by molar-refractivity contribution is 7.22. The largest absolute Gasteiger partial charge is 0.495 e. The highest BCUT2D eigenvalue weighted by Crippen LogP contribution is 2.42. The van der Waals surface area contributed by atoms with Crippen molar-refractivity contribution in [3.8, 4) is 16.9 Å². The summed E-state index contributed by atoms with van der Waals surface area (Å²) in [5.41, 5.74) is 1.58. The third kappa shape index (κ3) is 4.63. The molecule has 1 amide bonds. The quantitative estimate of drug-likeness (QED) is 0.466.